The van der Waals surface area contributed by atoms with Crippen molar-refractivity contribution >= 4 is 27.8 Å². The van der Waals surface area contributed by atoms with Crippen LogP contribution in [0, 0.1) is 20.8 Å². The molecule has 0 saturated carbocycles. The first kappa shape index (κ1) is 29.3. The van der Waals surface area contributed by atoms with E-state index >= 15 is 0 Å². The SMILES string of the molecule is Cc1cc(/C=N/NC(=O)CN(c2c(C)n(C)n(-c3ccccc3)c2=O)S(=O)(=O)c2ccccc2)c(C)n1-c1ccccc1. The van der Waals surface area contributed by atoms with Gasteiger partial charge in [-0.3, -0.25) is 14.3 Å². The molecule has 0 radical (unpaired) electrons. The molecule has 2 heterocycles. The lowest BCUT2D eigenvalue weighted by Gasteiger charge is -2.22. The van der Waals surface area contributed by atoms with Crippen molar-refractivity contribution in [3.63, 3.8) is 0 Å². The normalized spacial score (nSPS) is 11.6. The van der Waals surface area contributed by atoms with Crippen molar-refractivity contribution in [3.05, 3.63) is 130 Å². The highest BCUT2D eigenvalue weighted by atomic mass is 32.2. The third-order valence-electron chi connectivity index (χ3n) is 7.27. The van der Waals surface area contributed by atoms with Crippen LogP contribution in [-0.4, -0.2) is 41.0 Å². The number of rotatable bonds is 9. The van der Waals surface area contributed by atoms with E-state index in [1.165, 1.54) is 23.0 Å². The molecule has 0 fully saturated rings. The second kappa shape index (κ2) is 12.0. The van der Waals surface area contributed by atoms with Gasteiger partial charge in [-0.2, -0.15) is 5.10 Å². The van der Waals surface area contributed by atoms with Gasteiger partial charge in [0.25, 0.3) is 21.5 Å². The Morgan fingerprint density at radius 2 is 1.42 bits per heavy atom. The Kier molecular flexibility index (Phi) is 8.18. The molecule has 0 bridgehead atoms. The molecular formula is C32H32N6O4S. The average Bonchev–Trinajstić information content (AvgIpc) is 3.42. The summed E-state index contributed by atoms with van der Waals surface area (Å²) in [5.74, 6) is -0.707. The van der Waals surface area contributed by atoms with Crippen molar-refractivity contribution in [1.82, 2.24) is 19.4 Å². The van der Waals surface area contributed by atoms with E-state index in [1.807, 2.05) is 56.3 Å². The summed E-state index contributed by atoms with van der Waals surface area (Å²) in [6.07, 6.45) is 1.52. The van der Waals surface area contributed by atoms with Gasteiger partial charge < -0.3 is 4.57 Å². The first-order valence-electron chi connectivity index (χ1n) is 13.6. The Balaban J connectivity index is 1.47. The Bertz CT molecular complexity index is 1960. The number of nitrogens with zero attached hydrogens (tertiary/aromatic N) is 5. The first-order valence-corrected chi connectivity index (χ1v) is 15.0. The molecule has 0 aliphatic rings. The van der Waals surface area contributed by atoms with E-state index in [1.54, 1.807) is 61.1 Å². The van der Waals surface area contributed by atoms with Gasteiger partial charge in [-0.25, -0.2) is 22.8 Å². The Labute approximate surface area is 250 Å². The average molecular weight is 597 g/mol. The van der Waals surface area contributed by atoms with E-state index < -0.39 is 28.0 Å². The fourth-order valence-corrected chi connectivity index (χ4v) is 6.57. The summed E-state index contributed by atoms with van der Waals surface area (Å²) in [4.78, 5) is 26.9. The molecule has 43 heavy (non-hydrogen) atoms. The van der Waals surface area contributed by atoms with Crippen molar-refractivity contribution in [3.8, 4) is 11.4 Å². The number of hydrogen-bond donors (Lipinski definition) is 1. The summed E-state index contributed by atoms with van der Waals surface area (Å²) >= 11 is 0. The third kappa shape index (κ3) is 5.67. The molecule has 0 aliphatic carbocycles. The summed E-state index contributed by atoms with van der Waals surface area (Å²) in [5, 5.41) is 4.12. The van der Waals surface area contributed by atoms with Gasteiger partial charge in [0.1, 0.15) is 12.2 Å². The number of anilines is 1. The standard InChI is InChI=1S/C32H32N6O4S/c1-23-20-26(24(2)37(23)27-14-8-5-9-15-27)21-33-34-30(39)22-36(43(41,42)29-18-12-7-13-19-29)31-25(3)35(4)38(32(31)40)28-16-10-6-11-17-28/h5-21H,22H2,1-4H3,(H,34,39)/b33-21+. The zero-order valence-electron chi connectivity index (χ0n) is 24.3. The third-order valence-corrected chi connectivity index (χ3v) is 9.03. The van der Waals surface area contributed by atoms with Gasteiger partial charge in [0.15, 0.2) is 0 Å². The van der Waals surface area contributed by atoms with Gasteiger partial charge in [0.2, 0.25) is 0 Å². The molecule has 3 aromatic carbocycles. The zero-order valence-corrected chi connectivity index (χ0v) is 25.1. The van der Waals surface area contributed by atoms with Crippen LogP contribution in [-0.2, 0) is 21.9 Å². The minimum atomic E-state index is -4.31. The van der Waals surface area contributed by atoms with Crippen LogP contribution in [0.4, 0.5) is 5.69 Å². The zero-order chi connectivity index (χ0) is 30.7. The van der Waals surface area contributed by atoms with Crippen molar-refractivity contribution in [2.75, 3.05) is 10.8 Å². The number of aromatic nitrogens is 3. The summed E-state index contributed by atoms with van der Waals surface area (Å²) in [5.41, 5.74) is 6.39. The second-order valence-corrected chi connectivity index (χ2v) is 11.9. The van der Waals surface area contributed by atoms with Crippen molar-refractivity contribution < 1.29 is 13.2 Å². The molecule has 5 aromatic rings. The molecule has 2 aromatic heterocycles. The summed E-state index contributed by atoms with van der Waals surface area (Å²) in [7, 11) is -2.64. The quantitative estimate of drug-likeness (QED) is 0.203. The maximum Gasteiger partial charge on any atom is 0.296 e. The number of benzene rings is 3. The number of amides is 1. The van der Waals surface area contributed by atoms with Crippen LogP contribution >= 0.6 is 0 Å². The fourth-order valence-electron chi connectivity index (χ4n) is 5.08. The van der Waals surface area contributed by atoms with Crippen molar-refractivity contribution in [2.45, 2.75) is 25.7 Å². The molecule has 1 N–H and O–H groups in total. The largest absolute Gasteiger partial charge is 0.318 e. The number of aryl methyl sites for hydroxylation is 1. The van der Waals surface area contributed by atoms with Crippen molar-refractivity contribution in [2.24, 2.45) is 12.1 Å². The molecule has 0 spiro atoms. The van der Waals surface area contributed by atoms with Crippen LogP contribution in [0.2, 0.25) is 0 Å². The fraction of sp³-hybridized carbons (Fsp3) is 0.156. The Morgan fingerprint density at radius 1 is 0.860 bits per heavy atom. The van der Waals surface area contributed by atoms with Gasteiger partial charge in [-0.1, -0.05) is 54.6 Å². The Hall–Kier alpha value is -5.16. The van der Waals surface area contributed by atoms with E-state index in [4.69, 9.17) is 0 Å². The molecule has 0 saturated heterocycles. The number of nitrogens with one attached hydrogen (secondary N) is 1. The highest BCUT2D eigenvalue weighted by molar-refractivity contribution is 7.92. The van der Waals surface area contributed by atoms with Gasteiger partial charge in [0.05, 0.1) is 22.5 Å². The van der Waals surface area contributed by atoms with Crippen LogP contribution < -0.4 is 15.3 Å². The molecular weight excluding hydrogens is 564 g/mol. The van der Waals surface area contributed by atoms with Crippen LogP contribution in [0.5, 0.6) is 0 Å². The summed E-state index contributed by atoms with van der Waals surface area (Å²) in [6.45, 7) is 4.91. The summed E-state index contributed by atoms with van der Waals surface area (Å²) < 4.78 is 33.7. The van der Waals surface area contributed by atoms with Crippen LogP contribution in [0.25, 0.3) is 11.4 Å². The lowest BCUT2D eigenvalue weighted by Crippen LogP contribution is -2.42. The molecule has 220 valence electrons. The molecule has 0 aliphatic heterocycles. The minimum absolute atomic E-state index is 0.0476. The molecule has 5 rings (SSSR count). The molecule has 11 heteroatoms. The van der Waals surface area contributed by atoms with Gasteiger partial charge in [-0.05, 0) is 63.2 Å². The minimum Gasteiger partial charge on any atom is -0.318 e. The molecule has 1 amide bonds. The number of carbonyl (C=O) groups is 1. The summed E-state index contributed by atoms with van der Waals surface area (Å²) in [6, 6.07) is 28.4. The molecule has 0 atom stereocenters. The monoisotopic (exact) mass is 596 g/mol. The maximum atomic E-state index is 13.9. The Morgan fingerprint density at radius 3 is 2.02 bits per heavy atom. The molecule has 0 unspecified atom stereocenters. The number of hydrogen-bond acceptors (Lipinski definition) is 5. The van der Waals surface area contributed by atoms with E-state index in [9.17, 15) is 18.0 Å². The van der Waals surface area contributed by atoms with E-state index in [2.05, 4.69) is 15.1 Å². The van der Waals surface area contributed by atoms with E-state index in [0.29, 0.717) is 11.4 Å². The highest BCUT2D eigenvalue weighted by Gasteiger charge is 2.33. The van der Waals surface area contributed by atoms with Crippen molar-refractivity contribution in [1.29, 1.82) is 0 Å². The predicted molar refractivity (Wildman–Crippen MR) is 168 cm³/mol. The topological polar surface area (TPSA) is 111 Å². The second-order valence-electron chi connectivity index (χ2n) is 10.0. The lowest BCUT2D eigenvalue weighted by molar-refractivity contribution is -0.119. The van der Waals surface area contributed by atoms with Gasteiger partial charge in [0, 0.05) is 29.7 Å². The maximum absolute atomic E-state index is 13.9. The van der Waals surface area contributed by atoms with Gasteiger partial charge >= 0.3 is 0 Å². The van der Waals surface area contributed by atoms with Crippen LogP contribution in [0.15, 0.2) is 112 Å². The first-order chi connectivity index (χ1) is 20.6. The van der Waals surface area contributed by atoms with Crippen LogP contribution in [0.1, 0.15) is 22.6 Å². The number of sulfonamides is 1. The van der Waals surface area contributed by atoms with E-state index in [0.717, 1.165) is 26.9 Å². The van der Waals surface area contributed by atoms with E-state index in [-0.39, 0.29) is 10.6 Å². The number of hydrazone groups is 1. The number of para-hydroxylation sites is 2. The van der Waals surface area contributed by atoms with Gasteiger partial charge in [-0.15, -0.1) is 0 Å². The lowest BCUT2D eigenvalue weighted by atomic mass is 10.2. The predicted octanol–water partition coefficient (Wildman–Crippen LogP) is 4.24. The number of carbonyl (C=O) groups excluding carboxylic acids is 1. The molecule has 10 nitrogen and oxygen atoms in total. The smallest absolute Gasteiger partial charge is 0.296 e. The van der Waals surface area contributed by atoms with Crippen LogP contribution in [0.3, 0.4) is 0 Å². The highest BCUT2D eigenvalue weighted by Crippen LogP contribution is 2.25.